The Morgan fingerprint density at radius 3 is 2.67 bits per heavy atom. The summed E-state index contributed by atoms with van der Waals surface area (Å²) in [7, 11) is 0. The SMILES string of the molecule is N#CC1C(=S)N=C(c2cccs2)C=C1C(F)(F)F. The van der Waals surface area contributed by atoms with E-state index in [4.69, 9.17) is 17.5 Å². The van der Waals surface area contributed by atoms with E-state index in [9.17, 15) is 13.2 Å². The van der Waals surface area contributed by atoms with Gasteiger partial charge in [0.1, 0.15) is 10.9 Å². The summed E-state index contributed by atoms with van der Waals surface area (Å²) in [6.45, 7) is 0. The van der Waals surface area contributed by atoms with E-state index in [2.05, 4.69) is 4.99 Å². The second-order valence-electron chi connectivity index (χ2n) is 3.47. The Morgan fingerprint density at radius 1 is 1.44 bits per heavy atom. The number of halogens is 3. The molecule has 7 heteroatoms. The van der Waals surface area contributed by atoms with Crippen LogP contribution < -0.4 is 0 Å². The van der Waals surface area contributed by atoms with Gasteiger partial charge >= 0.3 is 6.18 Å². The summed E-state index contributed by atoms with van der Waals surface area (Å²) in [6, 6.07) is 4.91. The van der Waals surface area contributed by atoms with Gasteiger partial charge in [0.25, 0.3) is 0 Å². The lowest BCUT2D eigenvalue weighted by molar-refractivity contribution is -0.0947. The van der Waals surface area contributed by atoms with Gasteiger partial charge in [-0.15, -0.1) is 11.3 Å². The zero-order valence-electron chi connectivity index (χ0n) is 8.73. The molecule has 18 heavy (non-hydrogen) atoms. The molecule has 0 aliphatic carbocycles. The molecule has 0 fully saturated rings. The molecule has 1 aliphatic rings. The number of rotatable bonds is 1. The zero-order chi connectivity index (χ0) is 13.3. The Morgan fingerprint density at radius 2 is 2.17 bits per heavy atom. The van der Waals surface area contributed by atoms with Crippen molar-refractivity contribution in [1.82, 2.24) is 0 Å². The predicted molar refractivity (Wildman–Crippen MR) is 66.7 cm³/mol. The third kappa shape index (κ3) is 2.35. The minimum atomic E-state index is -4.58. The first-order valence-electron chi connectivity index (χ1n) is 4.78. The van der Waals surface area contributed by atoms with E-state index in [0.717, 1.165) is 6.08 Å². The Hall–Kier alpha value is -1.52. The van der Waals surface area contributed by atoms with Gasteiger partial charge < -0.3 is 0 Å². The predicted octanol–water partition coefficient (Wildman–Crippen LogP) is 3.51. The number of hydrogen-bond donors (Lipinski definition) is 0. The first-order chi connectivity index (χ1) is 8.43. The minimum absolute atomic E-state index is 0.161. The molecule has 2 rings (SSSR count). The molecule has 0 amide bonds. The molecule has 92 valence electrons. The van der Waals surface area contributed by atoms with Crippen LogP contribution in [0, 0.1) is 17.2 Å². The van der Waals surface area contributed by atoms with Crippen molar-refractivity contribution < 1.29 is 13.2 Å². The summed E-state index contributed by atoms with van der Waals surface area (Å²) in [5, 5.41) is 10.5. The molecule has 0 saturated carbocycles. The van der Waals surface area contributed by atoms with Crippen molar-refractivity contribution in [2.24, 2.45) is 10.9 Å². The number of alkyl halides is 3. The van der Waals surface area contributed by atoms with Crippen LogP contribution in [0.2, 0.25) is 0 Å². The lowest BCUT2D eigenvalue weighted by Crippen LogP contribution is -2.28. The summed E-state index contributed by atoms with van der Waals surface area (Å²) >= 11 is 6.04. The fraction of sp³-hybridized carbons (Fsp3) is 0.182. The van der Waals surface area contributed by atoms with Gasteiger partial charge in [-0.05, 0) is 17.5 Å². The van der Waals surface area contributed by atoms with E-state index < -0.39 is 17.7 Å². The Kier molecular flexibility index (Phi) is 3.32. The molecular formula is C11H5F3N2S2. The lowest BCUT2D eigenvalue weighted by Gasteiger charge is -2.20. The molecule has 2 nitrogen and oxygen atoms in total. The number of hydrogen-bond acceptors (Lipinski definition) is 3. The number of aliphatic imine (C=N–C) groups is 1. The highest BCUT2D eigenvalue weighted by atomic mass is 32.1. The zero-order valence-corrected chi connectivity index (χ0v) is 10.4. The van der Waals surface area contributed by atoms with Gasteiger partial charge in [0.15, 0.2) is 0 Å². The van der Waals surface area contributed by atoms with Gasteiger partial charge in [-0.2, -0.15) is 18.4 Å². The summed E-state index contributed by atoms with van der Waals surface area (Å²) < 4.78 is 38.5. The number of dihydropyridines is 1. The molecule has 1 aliphatic heterocycles. The largest absolute Gasteiger partial charge is 0.414 e. The maximum Gasteiger partial charge on any atom is 0.414 e. The summed E-state index contributed by atoms with van der Waals surface area (Å²) in [6.07, 6.45) is -3.68. The topological polar surface area (TPSA) is 36.1 Å². The monoisotopic (exact) mass is 286 g/mol. The van der Waals surface area contributed by atoms with E-state index in [1.54, 1.807) is 23.6 Å². The first-order valence-corrected chi connectivity index (χ1v) is 6.07. The number of nitriles is 1. The van der Waals surface area contributed by atoms with Crippen molar-refractivity contribution in [1.29, 1.82) is 5.26 Å². The molecule has 1 atom stereocenters. The van der Waals surface area contributed by atoms with Gasteiger partial charge in [-0.1, -0.05) is 18.3 Å². The van der Waals surface area contributed by atoms with Gasteiger partial charge in [-0.3, -0.25) is 0 Å². The maximum atomic E-state index is 12.8. The standard InChI is InChI=1S/C11H5F3N2S2/c12-11(13,14)7-4-8(9-2-1-3-18-9)16-10(17)6(7)5-15/h1-4,6H. The van der Waals surface area contributed by atoms with Crippen molar-refractivity contribution >= 4 is 34.3 Å². The third-order valence-corrected chi connectivity index (χ3v) is 3.53. The maximum absolute atomic E-state index is 12.8. The van der Waals surface area contributed by atoms with E-state index in [1.165, 1.54) is 11.3 Å². The van der Waals surface area contributed by atoms with Crippen molar-refractivity contribution in [2.45, 2.75) is 6.18 Å². The molecule has 1 aromatic heterocycles. The van der Waals surface area contributed by atoms with Crippen LogP contribution in [-0.2, 0) is 0 Å². The summed E-state index contributed by atoms with van der Waals surface area (Å²) in [4.78, 5) is 4.25. The van der Waals surface area contributed by atoms with Crippen LogP contribution in [0.5, 0.6) is 0 Å². The van der Waals surface area contributed by atoms with Crippen LogP contribution in [0.1, 0.15) is 4.88 Å². The number of nitrogens with zero attached hydrogens (tertiary/aromatic N) is 2. The van der Waals surface area contributed by atoms with Crippen LogP contribution in [0.15, 0.2) is 34.2 Å². The number of thiophene rings is 1. The molecule has 0 saturated heterocycles. The molecule has 0 bridgehead atoms. The lowest BCUT2D eigenvalue weighted by atomic mass is 9.95. The normalized spacial score (nSPS) is 20.1. The smallest absolute Gasteiger partial charge is 0.239 e. The van der Waals surface area contributed by atoms with Crippen LogP contribution in [0.3, 0.4) is 0 Å². The average molecular weight is 286 g/mol. The van der Waals surface area contributed by atoms with Crippen molar-refractivity contribution in [3.8, 4) is 6.07 Å². The molecule has 0 N–H and O–H groups in total. The Balaban J connectivity index is 2.51. The first kappa shape index (κ1) is 12.9. The van der Waals surface area contributed by atoms with E-state index >= 15 is 0 Å². The molecular weight excluding hydrogens is 281 g/mol. The van der Waals surface area contributed by atoms with Crippen LogP contribution in [-0.4, -0.2) is 16.9 Å². The fourth-order valence-corrected chi connectivity index (χ4v) is 2.46. The van der Waals surface area contributed by atoms with Gasteiger partial charge in [0, 0.05) is 0 Å². The highest BCUT2D eigenvalue weighted by Crippen LogP contribution is 2.35. The number of allylic oxidation sites excluding steroid dienone is 1. The van der Waals surface area contributed by atoms with Crippen molar-refractivity contribution in [3.63, 3.8) is 0 Å². The van der Waals surface area contributed by atoms with Gasteiger partial charge in [0.2, 0.25) is 0 Å². The third-order valence-electron chi connectivity index (χ3n) is 2.31. The van der Waals surface area contributed by atoms with Gasteiger partial charge in [-0.25, -0.2) is 4.99 Å². The Labute approximate surface area is 110 Å². The average Bonchev–Trinajstić information content (AvgIpc) is 2.80. The fourth-order valence-electron chi connectivity index (χ4n) is 1.50. The van der Waals surface area contributed by atoms with E-state index in [-0.39, 0.29) is 10.7 Å². The summed E-state index contributed by atoms with van der Waals surface area (Å²) in [5.74, 6) is -1.50. The second-order valence-corrected chi connectivity index (χ2v) is 4.84. The molecule has 0 radical (unpaired) electrons. The van der Waals surface area contributed by atoms with Crippen LogP contribution in [0.4, 0.5) is 13.2 Å². The highest BCUT2D eigenvalue weighted by Gasteiger charge is 2.42. The van der Waals surface area contributed by atoms with Gasteiger partial charge in [0.05, 0.1) is 22.2 Å². The van der Waals surface area contributed by atoms with E-state index in [1.807, 2.05) is 0 Å². The molecule has 0 aromatic carbocycles. The van der Waals surface area contributed by atoms with Crippen LogP contribution in [0.25, 0.3) is 0 Å². The van der Waals surface area contributed by atoms with Crippen molar-refractivity contribution in [3.05, 3.63) is 34.0 Å². The highest BCUT2D eigenvalue weighted by molar-refractivity contribution is 7.80. The number of thiocarbonyl (C=S) groups is 1. The molecule has 1 unspecified atom stereocenters. The molecule has 1 aromatic rings. The molecule has 0 spiro atoms. The minimum Gasteiger partial charge on any atom is -0.239 e. The second kappa shape index (κ2) is 4.63. The Bertz CT molecular complexity index is 576. The summed E-state index contributed by atoms with van der Waals surface area (Å²) in [5.41, 5.74) is -0.790. The van der Waals surface area contributed by atoms with Crippen LogP contribution >= 0.6 is 23.6 Å². The van der Waals surface area contributed by atoms with Crippen molar-refractivity contribution in [2.75, 3.05) is 0 Å². The molecule has 2 heterocycles. The quantitative estimate of drug-likeness (QED) is 0.741. The van der Waals surface area contributed by atoms with E-state index in [0.29, 0.717) is 4.88 Å².